The van der Waals surface area contributed by atoms with E-state index in [-0.39, 0.29) is 5.91 Å². The van der Waals surface area contributed by atoms with Gasteiger partial charge in [0.15, 0.2) is 0 Å². The third kappa shape index (κ3) is 2.76. The van der Waals surface area contributed by atoms with Gasteiger partial charge in [0.1, 0.15) is 0 Å². The van der Waals surface area contributed by atoms with Crippen molar-refractivity contribution in [1.82, 2.24) is 4.98 Å². The Labute approximate surface area is 105 Å². The van der Waals surface area contributed by atoms with Crippen LogP contribution >= 0.6 is 0 Å². The van der Waals surface area contributed by atoms with Gasteiger partial charge in [-0.2, -0.15) is 0 Å². The minimum Gasteiger partial charge on any atom is -0.481 e. The van der Waals surface area contributed by atoms with Gasteiger partial charge in [0.25, 0.3) is 5.91 Å². The molecule has 5 heteroatoms. The maximum absolute atomic E-state index is 11.9. The van der Waals surface area contributed by atoms with E-state index in [4.69, 9.17) is 10.5 Å². The van der Waals surface area contributed by atoms with Crippen molar-refractivity contribution >= 4 is 17.3 Å². The van der Waals surface area contributed by atoms with E-state index in [0.29, 0.717) is 22.8 Å². The molecule has 92 valence electrons. The van der Waals surface area contributed by atoms with Crippen molar-refractivity contribution in [1.29, 1.82) is 0 Å². The average molecular weight is 243 g/mol. The molecule has 0 unspecified atom stereocenters. The van der Waals surface area contributed by atoms with Gasteiger partial charge in [-0.25, -0.2) is 4.98 Å². The largest absolute Gasteiger partial charge is 0.481 e. The van der Waals surface area contributed by atoms with Crippen molar-refractivity contribution in [3.8, 4) is 5.88 Å². The van der Waals surface area contributed by atoms with Crippen molar-refractivity contribution in [3.05, 3.63) is 48.2 Å². The summed E-state index contributed by atoms with van der Waals surface area (Å²) in [6.07, 6.45) is 1.53. The van der Waals surface area contributed by atoms with Gasteiger partial charge >= 0.3 is 0 Å². The van der Waals surface area contributed by atoms with Gasteiger partial charge in [-0.1, -0.05) is 6.07 Å². The molecule has 18 heavy (non-hydrogen) atoms. The zero-order chi connectivity index (χ0) is 13.0. The first-order valence-corrected chi connectivity index (χ1v) is 5.36. The van der Waals surface area contributed by atoms with Crippen LogP contribution in [0, 0.1) is 0 Å². The van der Waals surface area contributed by atoms with Crippen LogP contribution in [-0.4, -0.2) is 18.0 Å². The standard InChI is InChI=1S/C13H13N3O2/c1-18-12-6-5-11(8-15-12)16-13(17)9-3-2-4-10(14)7-9/h2-8H,14H2,1H3,(H,16,17). The molecule has 1 heterocycles. The molecule has 1 aromatic carbocycles. The first kappa shape index (κ1) is 11.9. The molecule has 0 aliphatic carbocycles. The molecule has 0 bridgehead atoms. The molecule has 0 aliphatic heterocycles. The second kappa shape index (κ2) is 5.18. The fourth-order valence-electron chi connectivity index (χ4n) is 1.46. The number of nitrogen functional groups attached to an aromatic ring is 1. The fourth-order valence-corrected chi connectivity index (χ4v) is 1.46. The lowest BCUT2D eigenvalue weighted by Crippen LogP contribution is -2.12. The number of nitrogens with zero attached hydrogens (tertiary/aromatic N) is 1. The molecule has 0 fully saturated rings. The zero-order valence-corrected chi connectivity index (χ0v) is 9.88. The fraction of sp³-hybridized carbons (Fsp3) is 0.0769. The highest BCUT2D eigenvalue weighted by Crippen LogP contribution is 2.13. The van der Waals surface area contributed by atoms with E-state index in [9.17, 15) is 4.79 Å². The molecule has 0 aliphatic rings. The molecular formula is C13H13N3O2. The third-order valence-electron chi connectivity index (χ3n) is 2.35. The molecule has 0 spiro atoms. The highest BCUT2D eigenvalue weighted by atomic mass is 16.5. The first-order valence-electron chi connectivity index (χ1n) is 5.36. The van der Waals surface area contributed by atoms with Gasteiger partial charge in [0, 0.05) is 17.3 Å². The molecule has 0 atom stereocenters. The summed E-state index contributed by atoms with van der Waals surface area (Å²) >= 11 is 0. The SMILES string of the molecule is COc1ccc(NC(=O)c2cccc(N)c2)cn1. The predicted octanol–water partition coefficient (Wildman–Crippen LogP) is 1.92. The Kier molecular flexibility index (Phi) is 3.43. The Hall–Kier alpha value is -2.56. The highest BCUT2D eigenvalue weighted by molar-refractivity contribution is 6.04. The molecule has 0 saturated carbocycles. The lowest BCUT2D eigenvalue weighted by atomic mass is 10.2. The molecule has 2 rings (SSSR count). The van der Waals surface area contributed by atoms with Crippen molar-refractivity contribution in [2.24, 2.45) is 0 Å². The minimum atomic E-state index is -0.228. The molecule has 1 aromatic heterocycles. The highest BCUT2D eigenvalue weighted by Gasteiger charge is 2.06. The summed E-state index contributed by atoms with van der Waals surface area (Å²) in [5, 5.41) is 2.72. The van der Waals surface area contributed by atoms with Crippen molar-refractivity contribution in [2.75, 3.05) is 18.2 Å². The normalized spacial score (nSPS) is 9.83. The van der Waals surface area contributed by atoms with Crippen LogP contribution in [0.2, 0.25) is 0 Å². The Morgan fingerprint density at radius 2 is 2.17 bits per heavy atom. The predicted molar refractivity (Wildman–Crippen MR) is 69.6 cm³/mol. The Bertz CT molecular complexity index is 552. The summed E-state index contributed by atoms with van der Waals surface area (Å²) in [7, 11) is 1.54. The van der Waals surface area contributed by atoms with Crippen LogP contribution in [0.15, 0.2) is 42.6 Å². The molecule has 0 saturated heterocycles. The molecule has 0 radical (unpaired) electrons. The Morgan fingerprint density at radius 1 is 1.33 bits per heavy atom. The van der Waals surface area contributed by atoms with E-state index < -0.39 is 0 Å². The van der Waals surface area contributed by atoms with Gasteiger partial charge in [0.05, 0.1) is 19.0 Å². The number of pyridine rings is 1. The molecular weight excluding hydrogens is 230 g/mol. The van der Waals surface area contributed by atoms with E-state index in [1.807, 2.05) is 0 Å². The van der Waals surface area contributed by atoms with E-state index in [2.05, 4.69) is 10.3 Å². The number of carbonyl (C=O) groups is 1. The number of hydrogen-bond donors (Lipinski definition) is 2. The number of carbonyl (C=O) groups excluding carboxylic acids is 1. The lowest BCUT2D eigenvalue weighted by molar-refractivity contribution is 0.102. The van der Waals surface area contributed by atoms with Crippen LogP contribution in [0.25, 0.3) is 0 Å². The maximum atomic E-state index is 11.9. The number of ether oxygens (including phenoxy) is 1. The minimum absolute atomic E-state index is 0.228. The first-order chi connectivity index (χ1) is 8.69. The monoisotopic (exact) mass is 243 g/mol. The van der Waals surface area contributed by atoms with E-state index in [0.717, 1.165) is 0 Å². The molecule has 2 aromatic rings. The summed E-state index contributed by atoms with van der Waals surface area (Å²) in [6.45, 7) is 0. The van der Waals surface area contributed by atoms with Crippen LogP contribution < -0.4 is 15.8 Å². The number of aromatic nitrogens is 1. The van der Waals surface area contributed by atoms with Gasteiger partial charge in [-0.05, 0) is 24.3 Å². The van der Waals surface area contributed by atoms with Gasteiger partial charge < -0.3 is 15.8 Å². The van der Waals surface area contributed by atoms with Crippen LogP contribution in [0.5, 0.6) is 5.88 Å². The topological polar surface area (TPSA) is 77.2 Å². The van der Waals surface area contributed by atoms with Crippen LogP contribution in [0.3, 0.4) is 0 Å². The van der Waals surface area contributed by atoms with Crippen molar-refractivity contribution in [2.45, 2.75) is 0 Å². The number of rotatable bonds is 3. The lowest BCUT2D eigenvalue weighted by Gasteiger charge is -2.06. The summed E-state index contributed by atoms with van der Waals surface area (Å²) in [5.74, 6) is 0.270. The van der Waals surface area contributed by atoms with E-state index in [1.165, 1.54) is 13.3 Å². The average Bonchev–Trinajstić information content (AvgIpc) is 2.39. The Morgan fingerprint density at radius 3 is 2.78 bits per heavy atom. The van der Waals surface area contributed by atoms with Crippen molar-refractivity contribution in [3.63, 3.8) is 0 Å². The molecule has 3 N–H and O–H groups in total. The van der Waals surface area contributed by atoms with Crippen LogP contribution in [0.1, 0.15) is 10.4 Å². The number of nitrogens with two attached hydrogens (primary N) is 1. The van der Waals surface area contributed by atoms with Gasteiger partial charge in [-0.15, -0.1) is 0 Å². The third-order valence-corrected chi connectivity index (χ3v) is 2.35. The zero-order valence-electron chi connectivity index (χ0n) is 9.88. The summed E-state index contributed by atoms with van der Waals surface area (Å²) < 4.78 is 4.93. The second-order valence-electron chi connectivity index (χ2n) is 3.67. The van der Waals surface area contributed by atoms with Gasteiger partial charge in [-0.3, -0.25) is 4.79 Å². The number of methoxy groups -OCH3 is 1. The van der Waals surface area contributed by atoms with Crippen molar-refractivity contribution < 1.29 is 9.53 Å². The summed E-state index contributed by atoms with van der Waals surface area (Å²) in [5.41, 5.74) is 7.28. The smallest absolute Gasteiger partial charge is 0.255 e. The summed E-state index contributed by atoms with van der Waals surface area (Å²) in [4.78, 5) is 15.9. The number of hydrogen-bond acceptors (Lipinski definition) is 4. The maximum Gasteiger partial charge on any atom is 0.255 e. The van der Waals surface area contributed by atoms with E-state index in [1.54, 1.807) is 36.4 Å². The number of nitrogens with one attached hydrogen (secondary N) is 1. The Balaban J connectivity index is 2.11. The van der Waals surface area contributed by atoms with Gasteiger partial charge in [0.2, 0.25) is 5.88 Å². The van der Waals surface area contributed by atoms with E-state index >= 15 is 0 Å². The summed E-state index contributed by atoms with van der Waals surface area (Å²) in [6, 6.07) is 10.2. The van der Waals surface area contributed by atoms with Crippen LogP contribution in [-0.2, 0) is 0 Å². The molecule has 5 nitrogen and oxygen atoms in total. The quantitative estimate of drug-likeness (QED) is 0.807. The number of anilines is 2. The second-order valence-corrected chi connectivity index (χ2v) is 3.67. The number of amides is 1. The molecule has 1 amide bonds. The number of benzene rings is 1. The van der Waals surface area contributed by atoms with Crippen LogP contribution in [0.4, 0.5) is 11.4 Å².